The summed E-state index contributed by atoms with van der Waals surface area (Å²) in [7, 11) is 0. The number of likely N-dealkylation sites (tertiary alicyclic amines) is 2. The molecular weight excluding hydrogens is 276 g/mol. The van der Waals surface area contributed by atoms with Gasteiger partial charge in [-0.2, -0.15) is 0 Å². The molecule has 1 spiro atoms. The highest BCUT2D eigenvalue weighted by atomic mass is 16.2. The number of piperidine rings is 1. The molecule has 0 unspecified atom stereocenters. The largest absolute Gasteiger partial charge is 0.337 e. The Bertz CT molecular complexity index is 545. The average Bonchev–Trinajstić information content (AvgIpc) is 3.27. The second kappa shape index (κ2) is 5.61. The Morgan fingerprint density at radius 2 is 2.14 bits per heavy atom. The van der Waals surface area contributed by atoms with E-state index >= 15 is 0 Å². The smallest absolute Gasteiger partial charge is 0.274 e. The maximum atomic E-state index is 12.6. The lowest BCUT2D eigenvalue weighted by Crippen LogP contribution is -2.46. The molecule has 0 N–H and O–H groups in total. The SMILES string of the molecule is O=C(c1cnccn1)N1CC[C@]2(CCCN(CC3CC3)C2)C1. The number of carbonyl (C=O) groups excluding carboxylic acids is 1. The first kappa shape index (κ1) is 14.1. The van der Waals surface area contributed by atoms with Crippen LogP contribution in [0.2, 0.25) is 0 Å². The van der Waals surface area contributed by atoms with E-state index in [1.54, 1.807) is 18.6 Å². The minimum atomic E-state index is 0.0456. The van der Waals surface area contributed by atoms with Crippen LogP contribution in [-0.2, 0) is 0 Å². The van der Waals surface area contributed by atoms with Crippen LogP contribution < -0.4 is 0 Å². The number of carbonyl (C=O) groups is 1. The third kappa shape index (κ3) is 2.86. The van der Waals surface area contributed by atoms with E-state index in [9.17, 15) is 4.79 Å². The molecule has 3 fully saturated rings. The molecule has 1 amide bonds. The molecule has 0 aromatic carbocycles. The van der Waals surface area contributed by atoms with E-state index in [0.717, 1.165) is 25.4 Å². The van der Waals surface area contributed by atoms with Crippen molar-refractivity contribution in [3.63, 3.8) is 0 Å². The summed E-state index contributed by atoms with van der Waals surface area (Å²) in [5, 5.41) is 0. The fraction of sp³-hybridized carbons (Fsp3) is 0.706. The predicted molar refractivity (Wildman–Crippen MR) is 83.4 cm³/mol. The summed E-state index contributed by atoms with van der Waals surface area (Å²) in [6.07, 6.45) is 11.3. The Morgan fingerprint density at radius 3 is 2.91 bits per heavy atom. The maximum Gasteiger partial charge on any atom is 0.274 e. The van der Waals surface area contributed by atoms with Crippen LogP contribution in [0.4, 0.5) is 0 Å². The molecule has 2 saturated heterocycles. The van der Waals surface area contributed by atoms with Crippen molar-refractivity contribution in [3.8, 4) is 0 Å². The summed E-state index contributed by atoms with van der Waals surface area (Å²) in [6.45, 7) is 5.46. The topological polar surface area (TPSA) is 49.3 Å². The van der Waals surface area contributed by atoms with Gasteiger partial charge in [-0.3, -0.25) is 9.78 Å². The van der Waals surface area contributed by atoms with Gasteiger partial charge < -0.3 is 9.80 Å². The number of aromatic nitrogens is 2. The van der Waals surface area contributed by atoms with E-state index in [0.29, 0.717) is 11.1 Å². The van der Waals surface area contributed by atoms with Crippen molar-refractivity contribution < 1.29 is 4.79 Å². The van der Waals surface area contributed by atoms with E-state index in [4.69, 9.17) is 0 Å². The van der Waals surface area contributed by atoms with Crippen LogP contribution in [0.5, 0.6) is 0 Å². The molecule has 5 heteroatoms. The highest BCUT2D eigenvalue weighted by Crippen LogP contribution is 2.40. The zero-order valence-electron chi connectivity index (χ0n) is 13.1. The number of rotatable bonds is 3. The Hall–Kier alpha value is -1.49. The molecule has 3 heterocycles. The summed E-state index contributed by atoms with van der Waals surface area (Å²) in [6, 6.07) is 0. The summed E-state index contributed by atoms with van der Waals surface area (Å²) in [4.78, 5) is 25.4. The Balaban J connectivity index is 1.41. The van der Waals surface area contributed by atoms with Crippen molar-refractivity contribution in [2.24, 2.45) is 11.3 Å². The fourth-order valence-electron chi connectivity index (χ4n) is 4.14. The maximum absolute atomic E-state index is 12.6. The molecule has 3 aliphatic rings. The van der Waals surface area contributed by atoms with Gasteiger partial charge in [-0.1, -0.05) is 0 Å². The molecule has 1 aromatic heterocycles. The van der Waals surface area contributed by atoms with Crippen LogP contribution in [0.1, 0.15) is 42.6 Å². The van der Waals surface area contributed by atoms with E-state index in [2.05, 4.69) is 14.9 Å². The first-order valence-corrected chi connectivity index (χ1v) is 8.52. The second-order valence-corrected chi connectivity index (χ2v) is 7.35. The molecule has 1 aromatic rings. The summed E-state index contributed by atoms with van der Waals surface area (Å²) in [5.41, 5.74) is 0.801. The molecule has 22 heavy (non-hydrogen) atoms. The van der Waals surface area contributed by atoms with E-state index in [-0.39, 0.29) is 5.91 Å². The van der Waals surface area contributed by atoms with Gasteiger partial charge in [0, 0.05) is 44.0 Å². The number of amides is 1. The molecule has 1 atom stereocenters. The normalized spacial score (nSPS) is 29.2. The first-order chi connectivity index (χ1) is 10.7. The summed E-state index contributed by atoms with van der Waals surface area (Å²) >= 11 is 0. The van der Waals surface area contributed by atoms with Crippen molar-refractivity contribution in [1.29, 1.82) is 0 Å². The Morgan fingerprint density at radius 1 is 1.23 bits per heavy atom. The van der Waals surface area contributed by atoms with Gasteiger partial charge in [0.25, 0.3) is 5.91 Å². The minimum absolute atomic E-state index is 0.0456. The number of hydrogen-bond acceptors (Lipinski definition) is 4. The molecule has 4 rings (SSSR count). The van der Waals surface area contributed by atoms with Gasteiger partial charge in [-0.15, -0.1) is 0 Å². The average molecular weight is 300 g/mol. The van der Waals surface area contributed by atoms with Crippen LogP contribution >= 0.6 is 0 Å². The van der Waals surface area contributed by atoms with Gasteiger partial charge in [-0.05, 0) is 44.6 Å². The first-order valence-electron chi connectivity index (χ1n) is 8.52. The van der Waals surface area contributed by atoms with Gasteiger partial charge in [0.15, 0.2) is 0 Å². The summed E-state index contributed by atoms with van der Waals surface area (Å²) in [5.74, 6) is 0.998. The van der Waals surface area contributed by atoms with Crippen molar-refractivity contribution in [3.05, 3.63) is 24.3 Å². The molecule has 1 saturated carbocycles. The van der Waals surface area contributed by atoms with Crippen molar-refractivity contribution in [1.82, 2.24) is 19.8 Å². The van der Waals surface area contributed by atoms with Crippen molar-refractivity contribution in [2.45, 2.75) is 32.1 Å². The highest BCUT2D eigenvalue weighted by molar-refractivity contribution is 5.92. The van der Waals surface area contributed by atoms with Crippen molar-refractivity contribution >= 4 is 5.91 Å². The van der Waals surface area contributed by atoms with Crippen molar-refractivity contribution in [2.75, 3.05) is 32.7 Å². The molecule has 1 aliphatic carbocycles. The lowest BCUT2D eigenvalue weighted by molar-refractivity contribution is 0.0676. The standard InChI is InChI=1S/C17H24N4O/c22-16(15-10-18-6-7-19-15)21-9-5-17(13-21)4-1-8-20(12-17)11-14-2-3-14/h6-7,10,14H,1-5,8-9,11-13H2/t17-/m0/s1. The zero-order valence-corrected chi connectivity index (χ0v) is 13.1. The second-order valence-electron chi connectivity index (χ2n) is 7.35. The summed E-state index contributed by atoms with van der Waals surface area (Å²) < 4.78 is 0. The van der Waals surface area contributed by atoms with E-state index in [1.807, 2.05) is 4.90 Å². The van der Waals surface area contributed by atoms with Crippen LogP contribution in [0, 0.1) is 11.3 Å². The van der Waals surface area contributed by atoms with Gasteiger partial charge >= 0.3 is 0 Å². The molecule has 2 aliphatic heterocycles. The zero-order chi connectivity index (χ0) is 15.0. The lowest BCUT2D eigenvalue weighted by Gasteiger charge is -2.40. The number of hydrogen-bond donors (Lipinski definition) is 0. The quantitative estimate of drug-likeness (QED) is 0.854. The lowest BCUT2D eigenvalue weighted by atomic mass is 9.79. The third-order valence-corrected chi connectivity index (χ3v) is 5.46. The van der Waals surface area contributed by atoms with Gasteiger partial charge in [0.1, 0.15) is 5.69 Å². The Kier molecular flexibility index (Phi) is 3.60. The van der Waals surface area contributed by atoms with Gasteiger partial charge in [0.05, 0.1) is 6.20 Å². The molecular formula is C17H24N4O. The molecule has 118 valence electrons. The Labute approximate surface area is 131 Å². The third-order valence-electron chi connectivity index (χ3n) is 5.46. The van der Waals surface area contributed by atoms with Gasteiger partial charge in [0.2, 0.25) is 0 Å². The van der Waals surface area contributed by atoms with Crippen LogP contribution in [-0.4, -0.2) is 58.4 Å². The minimum Gasteiger partial charge on any atom is -0.337 e. The highest BCUT2D eigenvalue weighted by Gasteiger charge is 2.43. The number of nitrogens with zero attached hydrogens (tertiary/aromatic N) is 4. The van der Waals surface area contributed by atoms with Crippen LogP contribution in [0.25, 0.3) is 0 Å². The van der Waals surface area contributed by atoms with Crippen LogP contribution in [0.15, 0.2) is 18.6 Å². The van der Waals surface area contributed by atoms with Gasteiger partial charge in [-0.25, -0.2) is 4.98 Å². The van der Waals surface area contributed by atoms with E-state index in [1.165, 1.54) is 45.3 Å². The van der Waals surface area contributed by atoms with E-state index < -0.39 is 0 Å². The molecule has 0 radical (unpaired) electrons. The predicted octanol–water partition coefficient (Wildman–Crippen LogP) is 1.81. The molecule has 0 bridgehead atoms. The monoisotopic (exact) mass is 300 g/mol. The molecule has 5 nitrogen and oxygen atoms in total. The van der Waals surface area contributed by atoms with Crippen LogP contribution in [0.3, 0.4) is 0 Å². The fourth-order valence-corrected chi connectivity index (χ4v) is 4.14.